The first-order chi connectivity index (χ1) is 17.4. The van der Waals surface area contributed by atoms with E-state index in [1.807, 2.05) is 10.6 Å². The molecule has 1 aliphatic rings. The highest BCUT2D eigenvalue weighted by Crippen LogP contribution is 2.26. The molecule has 4 rings (SSSR count). The Labute approximate surface area is 216 Å². The molecule has 0 spiro atoms. The summed E-state index contributed by atoms with van der Waals surface area (Å²) in [6.07, 6.45) is 10.1. The van der Waals surface area contributed by atoms with Gasteiger partial charge in [-0.15, -0.1) is 6.42 Å². The number of unbranched alkanes of at least 4 members (excludes halogenated alkanes) is 1. The maximum absolute atomic E-state index is 13.2. The second-order valence-electron chi connectivity index (χ2n) is 8.91. The summed E-state index contributed by atoms with van der Waals surface area (Å²) >= 11 is 1.45. The Morgan fingerprint density at radius 2 is 2.03 bits per heavy atom. The van der Waals surface area contributed by atoms with Crippen molar-refractivity contribution in [1.29, 1.82) is 0 Å². The van der Waals surface area contributed by atoms with Crippen LogP contribution in [0, 0.1) is 18.3 Å². The molecule has 7 nitrogen and oxygen atoms in total. The monoisotopic (exact) mass is 525 g/mol. The van der Waals surface area contributed by atoms with Crippen molar-refractivity contribution in [2.75, 3.05) is 20.2 Å². The van der Waals surface area contributed by atoms with Gasteiger partial charge in [0, 0.05) is 13.1 Å². The van der Waals surface area contributed by atoms with Crippen LogP contribution in [0.3, 0.4) is 0 Å². The average Bonchev–Trinajstić information content (AvgIpc) is 3.23. The second-order valence-corrected chi connectivity index (χ2v) is 11.9. The molecular formula is C27H31N3O4S2. The molecule has 0 saturated carbocycles. The van der Waals surface area contributed by atoms with E-state index < -0.39 is 15.9 Å². The van der Waals surface area contributed by atoms with E-state index in [-0.39, 0.29) is 17.3 Å². The number of nitrogens with zero attached hydrogens (tertiary/aromatic N) is 3. The topological polar surface area (TPSA) is 81.0 Å². The summed E-state index contributed by atoms with van der Waals surface area (Å²) in [6.45, 7) is 2.96. The Kier molecular flexibility index (Phi) is 8.29. The molecule has 1 amide bonds. The molecule has 1 atom stereocenters. The molecule has 1 fully saturated rings. The molecule has 2 aromatic carbocycles. The fourth-order valence-corrected chi connectivity index (χ4v) is 7.05. The van der Waals surface area contributed by atoms with Crippen LogP contribution < -0.4 is 9.54 Å². The van der Waals surface area contributed by atoms with Gasteiger partial charge >= 0.3 is 0 Å². The largest absolute Gasteiger partial charge is 0.497 e. The fourth-order valence-electron chi connectivity index (χ4n) is 4.43. The summed E-state index contributed by atoms with van der Waals surface area (Å²) in [4.78, 5) is 18.4. The molecule has 0 bridgehead atoms. The van der Waals surface area contributed by atoms with Crippen LogP contribution in [0.25, 0.3) is 10.2 Å². The molecule has 1 unspecified atom stereocenters. The van der Waals surface area contributed by atoms with Gasteiger partial charge in [-0.3, -0.25) is 4.79 Å². The number of fused-ring (bicyclic) bond motifs is 1. The van der Waals surface area contributed by atoms with Crippen molar-refractivity contribution in [2.24, 2.45) is 10.9 Å². The number of aromatic nitrogens is 1. The molecule has 0 radical (unpaired) electrons. The summed E-state index contributed by atoms with van der Waals surface area (Å²) < 4.78 is 35.8. The van der Waals surface area contributed by atoms with Gasteiger partial charge in [0.15, 0.2) is 4.80 Å². The van der Waals surface area contributed by atoms with Crippen molar-refractivity contribution in [3.63, 3.8) is 0 Å². The molecule has 1 saturated heterocycles. The molecule has 2 heterocycles. The summed E-state index contributed by atoms with van der Waals surface area (Å²) in [5.41, 5.74) is 2.21. The molecule has 0 N–H and O–H groups in total. The van der Waals surface area contributed by atoms with Crippen LogP contribution >= 0.6 is 11.3 Å². The van der Waals surface area contributed by atoms with Gasteiger partial charge in [-0.2, -0.15) is 9.30 Å². The van der Waals surface area contributed by atoms with Crippen molar-refractivity contribution in [3.05, 3.63) is 52.8 Å². The lowest BCUT2D eigenvalue weighted by Gasteiger charge is -2.30. The molecule has 9 heteroatoms. The van der Waals surface area contributed by atoms with Crippen LogP contribution in [-0.4, -0.2) is 43.4 Å². The van der Waals surface area contributed by atoms with Crippen LogP contribution in [0.1, 0.15) is 38.2 Å². The Morgan fingerprint density at radius 1 is 1.25 bits per heavy atom. The third kappa shape index (κ3) is 5.56. The normalized spacial score (nSPS) is 17.2. The van der Waals surface area contributed by atoms with Crippen molar-refractivity contribution in [1.82, 2.24) is 8.87 Å². The number of carbonyl (C=O) groups is 1. The number of terminal acetylenes is 1. The van der Waals surface area contributed by atoms with E-state index in [0.717, 1.165) is 29.5 Å². The average molecular weight is 526 g/mol. The van der Waals surface area contributed by atoms with E-state index >= 15 is 0 Å². The molecule has 36 heavy (non-hydrogen) atoms. The quantitative estimate of drug-likeness (QED) is 0.413. The first kappa shape index (κ1) is 26.1. The van der Waals surface area contributed by atoms with Crippen molar-refractivity contribution >= 4 is 37.5 Å². The van der Waals surface area contributed by atoms with Gasteiger partial charge in [0.25, 0.3) is 5.91 Å². The number of sulfonamides is 1. The zero-order valence-electron chi connectivity index (χ0n) is 20.6. The summed E-state index contributed by atoms with van der Waals surface area (Å²) in [6, 6.07) is 12.6. The first-order valence-electron chi connectivity index (χ1n) is 12.2. The zero-order valence-corrected chi connectivity index (χ0v) is 22.3. The minimum atomic E-state index is -3.72. The Morgan fingerprint density at radius 3 is 2.72 bits per heavy atom. The smallest absolute Gasteiger partial charge is 0.252 e. The van der Waals surface area contributed by atoms with E-state index in [4.69, 9.17) is 11.2 Å². The maximum Gasteiger partial charge on any atom is 0.252 e. The lowest BCUT2D eigenvalue weighted by molar-refractivity contribution is -0.122. The van der Waals surface area contributed by atoms with E-state index in [9.17, 15) is 13.2 Å². The van der Waals surface area contributed by atoms with Gasteiger partial charge in [0.2, 0.25) is 10.0 Å². The molecule has 3 aromatic rings. The summed E-state index contributed by atoms with van der Waals surface area (Å²) in [5.74, 6) is 2.43. The fraction of sp³-hybridized carbons (Fsp3) is 0.407. The van der Waals surface area contributed by atoms with E-state index in [1.165, 1.54) is 40.4 Å². The Bertz CT molecular complexity index is 1450. The number of rotatable bonds is 8. The van der Waals surface area contributed by atoms with Gasteiger partial charge in [-0.1, -0.05) is 36.7 Å². The lowest BCUT2D eigenvalue weighted by Crippen LogP contribution is -2.42. The minimum Gasteiger partial charge on any atom is -0.497 e. The standard InChI is InChI=1S/C27H31N3O4S2/c1-4-6-8-20-10-15-24-25(18-20)35-27(30(24)16-5-2)28-26(31)21-9-7-17-29(19-21)36(32,33)23-13-11-22(34-3)12-14-23/h2,10-15,18,21H,4,6-9,16-17,19H2,1,3H3. The van der Waals surface area contributed by atoms with Crippen LogP contribution in [0.4, 0.5) is 0 Å². The lowest BCUT2D eigenvalue weighted by atomic mass is 9.99. The highest BCUT2D eigenvalue weighted by atomic mass is 32.2. The van der Waals surface area contributed by atoms with Gasteiger partial charge in [0.1, 0.15) is 5.75 Å². The predicted octanol–water partition coefficient (Wildman–Crippen LogP) is 4.22. The highest BCUT2D eigenvalue weighted by Gasteiger charge is 2.33. The third-order valence-corrected chi connectivity index (χ3v) is 9.37. The number of piperidine rings is 1. The van der Waals surface area contributed by atoms with Crippen LogP contribution in [-0.2, 0) is 27.8 Å². The molecule has 0 aliphatic carbocycles. The number of carbonyl (C=O) groups excluding carboxylic acids is 1. The van der Waals surface area contributed by atoms with E-state index in [0.29, 0.717) is 36.5 Å². The van der Waals surface area contributed by atoms with E-state index in [1.54, 1.807) is 12.1 Å². The maximum atomic E-state index is 13.2. The SMILES string of the molecule is C#CCn1c(=NC(=O)C2CCCN(S(=O)(=O)c3ccc(OC)cc3)C2)sc2cc(CCCC)ccc21. The number of hydrogen-bond acceptors (Lipinski definition) is 5. The molecule has 1 aliphatic heterocycles. The number of methoxy groups -OCH3 is 1. The number of benzene rings is 2. The second kappa shape index (κ2) is 11.4. The Hall–Kier alpha value is -2.93. The first-order valence-corrected chi connectivity index (χ1v) is 14.4. The predicted molar refractivity (Wildman–Crippen MR) is 142 cm³/mol. The summed E-state index contributed by atoms with van der Waals surface area (Å²) in [7, 11) is -2.19. The molecule has 1 aromatic heterocycles. The third-order valence-electron chi connectivity index (χ3n) is 6.45. The minimum absolute atomic E-state index is 0.109. The van der Waals surface area contributed by atoms with Crippen LogP contribution in [0.5, 0.6) is 5.75 Å². The number of thiazole rings is 1. The van der Waals surface area contributed by atoms with E-state index in [2.05, 4.69) is 30.0 Å². The van der Waals surface area contributed by atoms with Crippen molar-refractivity contribution < 1.29 is 17.9 Å². The molecule has 190 valence electrons. The highest BCUT2D eigenvalue weighted by molar-refractivity contribution is 7.89. The zero-order chi connectivity index (χ0) is 25.7. The van der Waals surface area contributed by atoms with Gasteiger partial charge < -0.3 is 9.30 Å². The van der Waals surface area contributed by atoms with Crippen LogP contribution in [0.2, 0.25) is 0 Å². The number of amides is 1. The van der Waals surface area contributed by atoms with Gasteiger partial charge in [0.05, 0.1) is 34.7 Å². The molecular weight excluding hydrogens is 494 g/mol. The number of aryl methyl sites for hydroxylation is 1. The summed E-state index contributed by atoms with van der Waals surface area (Å²) in [5, 5.41) is 0. The van der Waals surface area contributed by atoms with Gasteiger partial charge in [-0.05, 0) is 67.6 Å². The number of hydrogen-bond donors (Lipinski definition) is 0. The Balaban J connectivity index is 1.60. The van der Waals surface area contributed by atoms with Gasteiger partial charge in [-0.25, -0.2) is 8.42 Å². The van der Waals surface area contributed by atoms with Crippen LogP contribution in [0.15, 0.2) is 52.4 Å². The number of ether oxygens (including phenoxy) is 1. The van der Waals surface area contributed by atoms with Crippen molar-refractivity contribution in [3.8, 4) is 18.1 Å². The van der Waals surface area contributed by atoms with Crippen molar-refractivity contribution in [2.45, 2.75) is 50.5 Å².